The van der Waals surface area contributed by atoms with Gasteiger partial charge in [-0.2, -0.15) is 0 Å². The van der Waals surface area contributed by atoms with Gasteiger partial charge in [0, 0.05) is 12.3 Å². The summed E-state index contributed by atoms with van der Waals surface area (Å²) in [6.07, 6.45) is 3.28. The number of hydrogen-bond acceptors (Lipinski definition) is 4. The highest BCUT2D eigenvalue weighted by molar-refractivity contribution is 7.98. The van der Waals surface area contributed by atoms with E-state index in [9.17, 15) is 0 Å². The largest absolute Gasteiger partial charge is 0.305 e. The minimum atomic E-state index is 0.281. The quantitative estimate of drug-likeness (QED) is 0.506. The van der Waals surface area contributed by atoms with Crippen molar-refractivity contribution in [3.63, 3.8) is 0 Å². The Bertz CT molecular complexity index is 688. The van der Waals surface area contributed by atoms with Gasteiger partial charge < -0.3 is 4.57 Å². The molecule has 1 unspecified atom stereocenters. The first-order valence-corrected chi connectivity index (χ1v) is 10.4. The van der Waals surface area contributed by atoms with Crippen molar-refractivity contribution in [2.45, 2.75) is 56.6 Å². The molecule has 0 bridgehead atoms. The van der Waals surface area contributed by atoms with Gasteiger partial charge in [-0.25, -0.2) is 0 Å². The normalized spacial score (nSPS) is 12.8. The maximum absolute atomic E-state index is 6.11. The topological polar surface area (TPSA) is 34.0 Å². The molecule has 1 aromatic heterocycles. The van der Waals surface area contributed by atoms with Crippen LogP contribution in [0, 0.1) is 0 Å². The lowest BCUT2D eigenvalue weighted by atomic mass is 10.2. The molecular weight excluding hydrogens is 375 g/mol. The predicted octanol–water partition coefficient (Wildman–Crippen LogP) is 5.69. The number of rotatable bonds is 9. The van der Waals surface area contributed by atoms with E-state index in [0.29, 0.717) is 10.0 Å². The number of halogens is 2. The van der Waals surface area contributed by atoms with Crippen molar-refractivity contribution in [3.8, 4) is 0 Å². The lowest BCUT2D eigenvalue weighted by Gasteiger charge is -2.23. The highest BCUT2D eigenvalue weighted by atomic mass is 35.5. The fourth-order valence-electron chi connectivity index (χ4n) is 2.74. The maximum atomic E-state index is 6.11. The van der Waals surface area contributed by atoms with Crippen molar-refractivity contribution >= 4 is 35.0 Å². The molecule has 25 heavy (non-hydrogen) atoms. The Kier molecular flexibility index (Phi) is 8.07. The zero-order valence-corrected chi connectivity index (χ0v) is 17.6. The van der Waals surface area contributed by atoms with Crippen LogP contribution in [0.1, 0.15) is 50.5 Å². The van der Waals surface area contributed by atoms with E-state index in [1.807, 2.05) is 18.2 Å². The van der Waals surface area contributed by atoms with Crippen LogP contribution in [0.5, 0.6) is 0 Å². The summed E-state index contributed by atoms with van der Waals surface area (Å²) >= 11 is 13.8. The molecule has 0 N–H and O–H groups in total. The second-order valence-electron chi connectivity index (χ2n) is 6.27. The summed E-state index contributed by atoms with van der Waals surface area (Å²) in [4.78, 5) is 2.21. The number of unbranched alkanes of at least 4 members (excludes halogenated alkanes) is 1. The summed E-state index contributed by atoms with van der Waals surface area (Å²) in [6, 6.07) is 6.04. The van der Waals surface area contributed by atoms with Gasteiger partial charge in [-0.15, -0.1) is 10.2 Å². The standard InChI is InChI=1S/C18H26Cl2N4S/c1-5-7-10-24-17(16(6-2)23(3)4)21-22-18(24)25-12-13-8-9-14(19)15(20)11-13/h8-9,11,16H,5-7,10,12H2,1-4H3. The molecule has 1 aromatic carbocycles. The summed E-state index contributed by atoms with van der Waals surface area (Å²) < 4.78 is 2.28. The van der Waals surface area contributed by atoms with E-state index in [4.69, 9.17) is 23.2 Å². The number of aromatic nitrogens is 3. The van der Waals surface area contributed by atoms with E-state index >= 15 is 0 Å². The summed E-state index contributed by atoms with van der Waals surface area (Å²) in [7, 11) is 4.19. The number of nitrogens with zero attached hydrogens (tertiary/aromatic N) is 4. The van der Waals surface area contributed by atoms with Crippen molar-refractivity contribution in [2.75, 3.05) is 14.1 Å². The fourth-order valence-corrected chi connectivity index (χ4v) is 3.97. The molecular formula is C18H26Cl2N4S. The Balaban J connectivity index is 2.21. The average molecular weight is 401 g/mol. The van der Waals surface area contributed by atoms with Crippen LogP contribution in [-0.2, 0) is 12.3 Å². The van der Waals surface area contributed by atoms with Crippen molar-refractivity contribution in [3.05, 3.63) is 39.6 Å². The van der Waals surface area contributed by atoms with Gasteiger partial charge in [0.2, 0.25) is 0 Å². The van der Waals surface area contributed by atoms with Crippen LogP contribution in [0.4, 0.5) is 0 Å². The van der Waals surface area contributed by atoms with Crippen LogP contribution in [0.25, 0.3) is 0 Å². The van der Waals surface area contributed by atoms with E-state index in [1.165, 1.54) is 0 Å². The number of hydrogen-bond donors (Lipinski definition) is 0. The highest BCUT2D eigenvalue weighted by Gasteiger charge is 2.21. The molecule has 0 aliphatic rings. The summed E-state index contributed by atoms with van der Waals surface area (Å²) in [5, 5.41) is 11.1. The third-order valence-corrected chi connectivity index (χ3v) is 5.92. The molecule has 1 heterocycles. The van der Waals surface area contributed by atoms with Gasteiger partial charge in [0.15, 0.2) is 11.0 Å². The van der Waals surface area contributed by atoms with Crippen LogP contribution in [0.2, 0.25) is 10.0 Å². The molecule has 0 aliphatic carbocycles. The third kappa shape index (κ3) is 5.36. The summed E-state index contributed by atoms with van der Waals surface area (Å²) in [5.41, 5.74) is 1.13. The Hall–Kier alpha value is -0.750. The molecule has 4 nitrogen and oxygen atoms in total. The minimum absolute atomic E-state index is 0.281. The van der Waals surface area contributed by atoms with Gasteiger partial charge in [0.1, 0.15) is 0 Å². The molecule has 2 aromatic rings. The molecule has 0 fully saturated rings. The first-order chi connectivity index (χ1) is 12.0. The summed E-state index contributed by atoms with van der Waals surface area (Å²) in [6.45, 7) is 5.34. The molecule has 2 rings (SSSR count). The van der Waals surface area contributed by atoms with E-state index in [-0.39, 0.29) is 6.04 Å². The van der Waals surface area contributed by atoms with Gasteiger partial charge >= 0.3 is 0 Å². The van der Waals surface area contributed by atoms with Gasteiger partial charge in [-0.1, -0.05) is 61.3 Å². The zero-order chi connectivity index (χ0) is 18.4. The van der Waals surface area contributed by atoms with Gasteiger partial charge in [-0.3, -0.25) is 4.90 Å². The van der Waals surface area contributed by atoms with E-state index in [1.54, 1.807) is 11.8 Å². The van der Waals surface area contributed by atoms with Crippen LogP contribution >= 0.6 is 35.0 Å². The highest BCUT2D eigenvalue weighted by Crippen LogP contribution is 2.29. The molecule has 0 spiro atoms. The average Bonchev–Trinajstić information content (AvgIpc) is 2.97. The second kappa shape index (κ2) is 9.81. The summed E-state index contributed by atoms with van der Waals surface area (Å²) in [5.74, 6) is 1.84. The number of thioether (sulfide) groups is 1. The zero-order valence-electron chi connectivity index (χ0n) is 15.3. The molecule has 0 radical (unpaired) electrons. The van der Waals surface area contributed by atoms with Gasteiger partial charge in [0.05, 0.1) is 16.1 Å². The van der Waals surface area contributed by atoms with Crippen LogP contribution < -0.4 is 0 Å². The molecule has 0 saturated heterocycles. The first kappa shape index (κ1) is 20.6. The molecule has 138 valence electrons. The minimum Gasteiger partial charge on any atom is -0.305 e. The second-order valence-corrected chi connectivity index (χ2v) is 8.03. The Morgan fingerprint density at radius 1 is 1.16 bits per heavy atom. The van der Waals surface area contributed by atoms with E-state index in [2.05, 4.69) is 47.6 Å². The van der Waals surface area contributed by atoms with E-state index in [0.717, 1.165) is 48.1 Å². The van der Waals surface area contributed by atoms with Crippen LogP contribution in [0.15, 0.2) is 23.4 Å². The number of benzene rings is 1. The van der Waals surface area contributed by atoms with E-state index < -0.39 is 0 Å². The molecule has 0 saturated carbocycles. The third-order valence-electron chi connectivity index (χ3n) is 4.14. The Morgan fingerprint density at radius 3 is 2.52 bits per heavy atom. The fraction of sp³-hybridized carbons (Fsp3) is 0.556. The van der Waals surface area contributed by atoms with Crippen molar-refractivity contribution in [2.24, 2.45) is 0 Å². The lowest BCUT2D eigenvalue weighted by Crippen LogP contribution is -2.23. The SMILES string of the molecule is CCCCn1c(SCc2ccc(Cl)c(Cl)c2)nnc1C(CC)N(C)C. The van der Waals surface area contributed by atoms with Crippen molar-refractivity contribution in [1.82, 2.24) is 19.7 Å². The van der Waals surface area contributed by atoms with Crippen LogP contribution in [-0.4, -0.2) is 33.8 Å². The monoisotopic (exact) mass is 400 g/mol. The molecule has 0 aliphatic heterocycles. The Labute approximate surface area is 164 Å². The smallest absolute Gasteiger partial charge is 0.191 e. The lowest BCUT2D eigenvalue weighted by molar-refractivity contribution is 0.270. The molecule has 1 atom stereocenters. The van der Waals surface area contributed by atoms with Gasteiger partial charge in [0.25, 0.3) is 0 Å². The van der Waals surface area contributed by atoms with Crippen LogP contribution in [0.3, 0.4) is 0 Å². The Morgan fingerprint density at radius 2 is 1.92 bits per heavy atom. The van der Waals surface area contributed by atoms with Crippen molar-refractivity contribution < 1.29 is 0 Å². The molecule has 7 heteroatoms. The predicted molar refractivity (Wildman–Crippen MR) is 108 cm³/mol. The van der Waals surface area contributed by atoms with Crippen molar-refractivity contribution in [1.29, 1.82) is 0 Å². The maximum Gasteiger partial charge on any atom is 0.191 e. The van der Waals surface area contributed by atoms with Gasteiger partial charge in [-0.05, 0) is 44.6 Å². The first-order valence-electron chi connectivity index (χ1n) is 8.64. The molecule has 0 amide bonds.